The van der Waals surface area contributed by atoms with Crippen LogP contribution in [0.15, 0.2) is 18.2 Å². The summed E-state index contributed by atoms with van der Waals surface area (Å²) in [4.78, 5) is 44.4. The molecule has 0 N–H and O–H groups in total. The van der Waals surface area contributed by atoms with E-state index in [1.54, 1.807) is 13.8 Å². The van der Waals surface area contributed by atoms with Gasteiger partial charge in [-0.1, -0.05) is 26.8 Å². The number of fused-ring (bicyclic) bond motifs is 1. The summed E-state index contributed by atoms with van der Waals surface area (Å²) in [6, 6.07) is 5.47. The normalized spacial score (nSPS) is 21.2. The van der Waals surface area contributed by atoms with Gasteiger partial charge < -0.3 is 19.3 Å². The van der Waals surface area contributed by atoms with E-state index >= 15 is 0 Å². The van der Waals surface area contributed by atoms with E-state index in [0.717, 1.165) is 43.1 Å². The lowest BCUT2D eigenvalue weighted by Gasteiger charge is -2.37. The van der Waals surface area contributed by atoms with Crippen LogP contribution < -0.4 is 9.47 Å². The van der Waals surface area contributed by atoms with Crippen molar-refractivity contribution in [3.63, 3.8) is 0 Å². The van der Waals surface area contributed by atoms with Gasteiger partial charge in [-0.3, -0.25) is 19.3 Å². The third-order valence-corrected chi connectivity index (χ3v) is 7.02. The summed E-state index contributed by atoms with van der Waals surface area (Å²) >= 11 is 0. The van der Waals surface area contributed by atoms with Crippen LogP contribution >= 0.6 is 0 Å². The Kier molecular flexibility index (Phi) is 6.42. The fourth-order valence-electron chi connectivity index (χ4n) is 4.48. The largest absolute Gasteiger partial charge is 0.454 e. The third-order valence-electron chi connectivity index (χ3n) is 7.02. The second-order valence-corrected chi connectivity index (χ2v) is 9.51. The SMILES string of the molecule is CCC(C)(C)C(=O)C(=O)N1CCC[C@H]1C(=O)N1CCN(Cc2ccc3c(c2)OCO3)CC1. The molecule has 2 saturated heterocycles. The Hall–Kier alpha value is -2.61. The number of nitrogens with zero attached hydrogens (tertiary/aromatic N) is 3. The Balaban J connectivity index is 1.32. The van der Waals surface area contributed by atoms with Gasteiger partial charge in [0.2, 0.25) is 18.5 Å². The number of piperazine rings is 1. The summed E-state index contributed by atoms with van der Waals surface area (Å²) in [7, 11) is 0. The van der Waals surface area contributed by atoms with E-state index in [-0.39, 0.29) is 12.7 Å². The summed E-state index contributed by atoms with van der Waals surface area (Å²) in [6.45, 7) is 9.79. The molecule has 0 saturated carbocycles. The number of rotatable bonds is 6. The quantitative estimate of drug-likeness (QED) is 0.626. The highest BCUT2D eigenvalue weighted by molar-refractivity contribution is 6.38. The van der Waals surface area contributed by atoms with Gasteiger partial charge in [0, 0.05) is 44.7 Å². The van der Waals surface area contributed by atoms with Crippen LogP contribution in [0.2, 0.25) is 0 Å². The van der Waals surface area contributed by atoms with Crippen molar-refractivity contribution in [3.8, 4) is 11.5 Å². The van der Waals surface area contributed by atoms with E-state index in [9.17, 15) is 14.4 Å². The van der Waals surface area contributed by atoms with E-state index in [0.29, 0.717) is 32.5 Å². The van der Waals surface area contributed by atoms with Crippen LogP contribution in [0.5, 0.6) is 11.5 Å². The van der Waals surface area contributed by atoms with Crippen LogP contribution in [0.1, 0.15) is 45.6 Å². The van der Waals surface area contributed by atoms with Crippen molar-refractivity contribution in [2.75, 3.05) is 39.5 Å². The second kappa shape index (κ2) is 9.10. The molecule has 2 fully saturated rings. The summed E-state index contributed by atoms with van der Waals surface area (Å²) in [5.41, 5.74) is 0.451. The van der Waals surface area contributed by atoms with Gasteiger partial charge in [-0.2, -0.15) is 0 Å². The van der Waals surface area contributed by atoms with Crippen molar-refractivity contribution in [2.24, 2.45) is 5.41 Å². The topological polar surface area (TPSA) is 79.4 Å². The Morgan fingerprint density at radius 3 is 2.47 bits per heavy atom. The minimum absolute atomic E-state index is 0.0271. The van der Waals surface area contributed by atoms with E-state index in [4.69, 9.17) is 9.47 Å². The predicted octanol–water partition coefficient (Wildman–Crippen LogP) is 2.06. The van der Waals surface area contributed by atoms with Gasteiger partial charge in [-0.15, -0.1) is 0 Å². The van der Waals surface area contributed by atoms with Crippen LogP contribution in [0.4, 0.5) is 0 Å². The van der Waals surface area contributed by atoms with Gasteiger partial charge in [-0.05, 0) is 37.0 Å². The lowest BCUT2D eigenvalue weighted by molar-refractivity contribution is -0.153. The van der Waals surface area contributed by atoms with Crippen molar-refractivity contribution in [2.45, 2.75) is 52.6 Å². The molecule has 8 nitrogen and oxygen atoms in total. The minimum atomic E-state index is -0.701. The van der Waals surface area contributed by atoms with Crippen molar-refractivity contribution in [3.05, 3.63) is 23.8 Å². The maximum atomic E-state index is 13.2. The Morgan fingerprint density at radius 2 is 1.75 bits per heavy atom. The molecule has 0 radical (unpaired) electrons. The van der Waals surface area contributed by atoms with Crippen LogP contribution in [0, 0.1) is 5.41 Å². The molecule has 3 heterocycles. The van der Waals surface area contributed by atoms with Crippen molar-refractivity contribution in [1.29, 1.82) is 0 Å². The Bertz CT molecular complexity index is 892. The Morgan fingerprint density at radius 1 is 1.03 bits per heavy atom. The van der Waals surface area contributed by atoms with Crippen LogP contribution in [-0.2, 0) is 20.9 Å². The molecule has 0 aliphatic carbocycles. The van der Waals surface area contributed by atoms with Crippen LogP contribution in [-0.4, -0.2) is 77.9 Å². The fourth-order valence-corrected chi connectivity index (χ4v) is 4.48. The molecule has 1 atom stereocenters. The smallest absolute Gasteiger partial charge is 0.291 e. The van der Waals surface area contributed by atoms with Crippen molar-refractivity contribution < 1.29 is 23.9 Å². The molecule has 3 aliphatic heterocycles. The molecule has 32 heavy (non-hydrogen) atoms. The molecular weight excluding hydrogens is 410 g/mol. The monoisotopic (exact) mass is 443 g/mol. The van der Waals surface area contributed by atoms with Crippen molar-refractivity contribution >= 4 is 17.6 Å². The van der Waals surface area contributed by atoms with E-state index in [2.05, 4.69) is 4.90 Å². The summed E-state index contributed by atoms with van der Waals surface area (Å²) in [5, 5.41) is 0. The maximum absolute atomic E-state index is 13.2. The molecule has 8 heteroatoms. The van der Waals surface area contributed by atoms with E-state index < -0.39 is 23.1 Å². The molecule has 4 rings (SSSR count). The van der Waals surface area contributed by atoms with Gasteiger partial charge in [-0.25, -0.2) is 0 Å². The first kappa shape index (κ1) is 22.6. The van der Waals surface area contributed by atoms with E-state index in [1.165, 1.54) is 4.90 Å². The molecule has 174 valence electrons. The number of hydrogen-bond donors (Lipinski definition) is 0. The maximum Gasteiger partial charge on any atom is 0.291 e. The first-order valence-corrected chi connectivity index (χ1v) is 11.5. The van der Waals surface area contributed by atoms with Crippen LogP contribution in [0.25, 0.3) is 0 Å². The highest BCUT2D eigenvalue weighted by atomic mass is 16.7. The zero-order valence-electron chi connectivity index (χ0n) is 19.3. The highest BCUT2D eigenvalue weighted by Gasteiger charge is 2.42. The highest BCUT2D eigenvalue weighted by Crippen LogP contribution is 2.33. The second-order valence-electron chi connectivity index (χ2n) is 9.51. The van der Waals surface area contributed by atoms with Gasteiger partial charge in [0.15, 0.2) is 11.5 Å². The molecule has 1 aromatic rings. The lowest BCUT2D eigenvalue weighted by atomic mass is 9.84. The van der Waals surface area contributed by atoms with Gasteiger partial charge in [0.1, 0.15) is 6.04 Å². The number of ether oxygens (including phenoxy) is 2. The Labute approximate surface area is 189 Å². The lowest BCUT2D eigenvalue weighted by Crippen LogP contribution is -2.55. The van der Waals surface area contributed by atoms with Gasteiger partial charge >= 0.3 is 0 Å². The molecule has 0 bridgehead atoms. The average Bonchev–Trinajstić information content (AvgIpc) is 3.47. The number of hydrogen-bond acceptors (Lipinski definition) is 6. The standard InChI is InChI=1S/C24H33N3O5/c1-4-24(2,3)21(28)23(30)27-9-5-6-18(27)22(29)26-12-10-25(11-13-26)15-17-7-8-19-20(14-17)32-16-31-19/h7-8,14,18H,4-6,9-13,15-16H2,1-3H3/t18-/m0/s1. The molecule has 2 amide bonds. The fraction of sp³-hybridized carbons (Fsp3) is 0.625. The van der Waals surface area contributed by atoms with Gasteiger partial charge in [0.05, 0.1) is 0 Å². The molecule has 0 aromatic heterocycles. The zero-order chi connectivity index (χ0) is 22.9. The first-order valence-electron chi connectivity index (χ1n) is 11.5. The number of ketones is 1. The molecule has 0 spiro atoms. The molecule has 3 aliphatic rings. The molecule has 1 aromatic carbocycles. The first-order chi connectivity index (χ1) is 15.3. The summed E-state index contributed by atoms with van der Waals surface area (Å²) in [5.74, 6) is 0.631. The number of Topliss-reactive ketones (excluding diaryl/α,β-unsaturated/α-hetero) is 1. The minimum Gasteiger partial charge on any atom is -0.454 e. The van der Waals surface area contributed by atoms with Crippen LogP contribution in [0.3, 0.4) is 0 Å². The van der Waals surface area contributed by atoms with Gasteiger partial charge in [0.25, 0.3) is 5.91 Å². The number of carbonyl (C=O) groups is 3. The number of carbonyl (C=O) groups excluding carboxylic acids is 3. The summed E-state index contributed by atoms with van der Waals surface area (Å²) in [6.07, 6.45) is 1.98. The zero-order valence-corrected chi connectivity index (χ0v) is 19.3. The number of amides is 2. The third kappa shape index (κ3) is 4.46. The predicted molar refractivity (Wildman–Crippen MR) is 118 cm³/mol. The number of benzene rings is 1. The van der Waals surface area contributed by atoms with Crippen molar-refractivity contribution in [1.82, 2.24) is 14.7 Å². The summed E-state index contributed by atoms with van der Waals surface area (Å²) < 4.78 is 10.8. The average molecular weight is 444 g/mol. The van der Waals surface area contributed by atoms with E-state index in [1.807, 2.05) is 30.0 Å². The number of likely N-dealkylation sites (tertiary alicyclic amines) is 1. The molecular formula is C24H33N3O5. The molecule has 0 unspecified atom stereocenters.